The van der Waals surface area contributed by atoms with Gasteiger partial charge in [0.05, 0.1) is 0 Å². The summed E-state index contributed by atoms with van der Waals surface area (Å²) in [4.78, 5) is 1.36. The topological polar surface area (TPSA) is 20.2 Å². The lowest BCUT2D eigenvalue weighted by Gasteiger charge is -2.29. The van der Waals surface area contributed by atoms with Gasteiger partial charge in [-0.2, -0.15) is 0 Å². The molecule has 0 aliphatic heterocycles. The van der Waals surface area contributed by atoms with Crippen molar-refractivity contribution in [3.05, 3.63) is 23.3 Å². The molecule has 0 aromatic heterocycles. The first-order chi connectivity index (χ1) is 11.4. The highest BCUT2D eigenvalue weighted by molar-refractivity contribution is 8.00. The quantitative estimate of drug-likeness (QED) is 0.576. The standard InChI is InChI=1S/C22H34OS/c1-22(2,3)24-18-14-19(16-10-6-4-7-11-16)21(23)20(15-18)17-12-8-5-9-13-17/h14-17,23H,4-13H2,1-3H3. The van der Waals surface area contributed by atoms with Gasteiger partial charge >= 0.3 is 0 Å². The molecule has 0 unspecified atom stereocenters. The molecule has 134 valence electrons. The number of phenols is 1. The van der Waals surface area contributed by atoms with E-state index in [1.807, 2.05) is 11.8 Å². The lowest BCUT2D eigenvalue weighted by molar-refractivity contribution is 0.392. The SMILES string of the molecule is CC(C)(C)Sc1cc(C2CCCCC2)c(O)c(C2CCCCC2)c1. The number of hydrogen-bond acceptors (Lipinski definition) is 2. The minimum Gasteiger partial charge on any atom is -0.507 e. The zero-order chi connectivity index (χ0) is 17.2. The van der Waals surface area contributed by atoms with E-state index in [9.17, 15) is 5.11 Å². The van der Waals surface area contributed by atoms with Crippen LogP contribution in [0.5, 0.6) is 5.75 Å². The Morgan fingerprint density at radius 1 is 0.792 bits per heavy atom. The highest BCUT2D eigenvalue weighted by Crippen LogP contribution is 2.46. The van der Waals surface area contributed by atoms with Crippen LogP contribution in [0.3, 0.4) is 0 Å². The molecule has 2 aliphatic rings. The lowest BCUT2D eigenvalue weighted by Crippen LogP contribution is -2.11. The van der Waals surface area contributed by atoms with Crippen molar-refractivity contribution in [3.8, 4) is 5.75 Å². The second kappa shape index (κ2) is 7.72. The molecule has 0 amide bonds. The summed E-state index contributed by atoms with van der Waals surface area (Å²) >= 11 is 1.95. The fourth-order valence-electron chi connectivity index (χ4n) is 4.51. The minimum atomic E-state index is 0.213. The Hall–Kier alpha value is -0.630. The molecule has 0 spiro atoms. The summed E-state index contributed by atoms with van der Waals surface area (Å²) in [5.41, 5.74) is 2.51. The first kappa shape index (κ1) is 18.2. The summed E-state index contributed by atoms with van der Waals surface area (Å²) in [7, 11) is 0. The van der Waals surface area contributed by atoms with Crippen molar-refractivity contribution in [2.24, 2.45) is 0 Å². The fraction of sp³-hybridized carbons (Fsp3) is 0.727. The first-order valence-electron chi connectivity index (χ1n) is 10.00. The molecule has 0 saturated heterocycles. The second-order valence-corrected chi connectivity index (χ2v) is 10.7. The molecule has 2 heteroatoms. The van der Waals surface area contributed by atoms with Crippen LogP contribution in [0.25, 0.3) is 0 Å². The molecular formula is C22H34OS. The molecule has 1 aromatic rings. The first-order valence-corrected chi connectivity index (χ1v) is 10.8. The van der Waals surface area contributed by atoms with Crippen molar-refractivity contribution < 1.29 is 5.11 Å². The van der Waals surface area contributed by atoms with E-state index in [0.29, 0.717) is 17.6 Å². The average molecular weight is 347 g/mol. The zero-order valence-electron chi connectivity index (χ0n) is 15.7. The maximum atomic E-state index is 11.1. The van der Waals surface area contributed by atoms with Crippen LogP contribution in [-0.4, -0.2) is 9.85 Å². The Kier molecular flexibility index (Phi) is 5.85. The minimum absolute atomic E-state index is 0.213. The van der Waals surface area contributed by atoms with Crippen LogP contribution < -0.4 is 0 Å². The van der Waals surface area contributed by atoms with E-state index in [0.717, 1.165) is 0 Å². The summed E-state index contributed by atoms with van der Waals surface area (Å²) in [5.74, 6) is 1.79. The number of phenolic OH excluding ortho intramolecular Hbond substituents is 1. The predicted molar refractivity (Wildman–Crippen MR) is 105 cm³/mol. The van der Waals surface area contributed by atoms with Crippen molar-refractivity contribution in [2.75, 3.05) is 0 Å². The van der Waals surface area contributed by atoms with Gasteiger partial charge in [-0.25, -0.2) is 0 Å². The van der Waals surface area contributed by atoms with Crippen molar-refractivity contribution in [2.45, 2.75) is 106 Å². The number of benzene rings is 1. The Labute approximate surface area is 152 Å². The molecule has 2 saturated carbocycles. The molecule has 24 heavy (non-hydrogen) atoms. The van der Waals surface area contributed by atoms with E-state index in [1.165, 1.54) is 80.2 Å². The fourth-order valence-corrected chi connectivity index (χ4v) is 5.59. The highest BCUT2D eigenvalue weighted by Gasteiger charge is 2.26. The van der Waals surface area contributed by atoms with Crippen molar-refractivity contribution in [3.63, 3.8) is 0 Å². The van der Waals surface area contributed by atoms with Gasteiger partial charge in [0.1, 0.15) is 5.75 Å². The monoisotopic (exact) mass is 346 g/mol. The number of rotatable bonds is 3. The third-order valence-corrected chi connectivity index (χ3v) is 6.74. The molecular weight excluding hydrogens is 312 g/mol. The molecule has 1 nitrogen and oxygen atoms in total. The van der Waals surface area contributed by atoms with Gasteiger partial charge in [0, 0.05) is 9.64 Å². The van der Waals surface area contributed by atoms with Gasteiger partial charge in [0.25, 0.3) is 0 Å². The number of thioether (sulfide) groups is 1. The number of hydrogen-bond donors (Lipinski definition) is 1. The molecule has 0 atom stereocenters. The Morgan fingerprint density at radius 2 is 1.21 bits per heavy atom. The number of aromatic hydroxyl groups is 1. The summed E-state index contributed by atoms with van der Waals surface area (Å²) in [6, 6.07) is 4.63. The average Bonchev–Trinajstić information content (AvgIpc) is 2.56. The normalized spacial score (nSPS) is 21.1. The third kappa shape index (κ3) is 4.50. The smallest absolute Gasteiger partial charge is 0.122 e. The van der Waals surface area contributed by atoms with Crippen LogP contribution in [0.15, 0.2) is 17.0 Å². The Morgan fingerprint density at radius 3 is 1.58 bits per heavy atom. The van der Waals surface area contributed by atoms with Crippen LogP contribution in [0.2, 0.25) is 0 Å². The summed E-state index contributed by atoms with van der Waals surface area (Å²) in [6.45, 7) is 6.85. The molecule has 1 N–H and O–H groups in total. The van der Waals surface area contributed by atoms with Crippen LogP contribution in [0.4, 0.5) is 0 Å². The van der Waals surface area contributed by atoms with Gasteiger partial charge in [-0.1, -0.05) is 59.3 Å². The van der Waals surface area contributed by atoms with Crippen molar-refractivity contribution in [1.29, 1.82) is 0 Å². The molecule has 2 fully saturated rings. The summed E-state index contributed by atoms with van der Waals surface area (Å²) in [6.07, 6.45) is 13.0. The maximum Gasteiger partial charge on any atom is 0.122 e. The van der Waals surface area contributed by atoms with Gasteiger partial charge in [-0.3, -0.25) is 0 Å². The summed E-state index contributed by atoms with van der Waals surface area (Å²) < 4.78 is 0.213. The van der Waals surface area contributed by atoms with Crippen molar-refractivity contribution >= 4 is 11.8 Å². The molecule has 0 bridgehead atoms. The van der Waals surface area contributed by atoms with Gasteiger partial charge in [-0.15, -0.1) is 11.8 Å². The van der Waals surface area contributed by atoms with E-state index < -0.39 is 0 Å². The molecule has 2 aliphatic carbocycles. The predicted octanol–water partition coefficient (Wildman–Crippen LogP) is 7.38. The van der Waals surface area contributed by atoms with E-state index in [4.69, 9.17) is 0 Å². The molecule has 1 aromatic carbocycles. The maximum absolute atomic E-state index is 11.1. The zero-order valence-corrected chi connectivity index (χ0v) is 16.6. The lowest BCUT2D eigenvalue weighted by atomic mass is 9.79. The Bertz CT molecular complexity index is 507. The molecule has 0 radical (unpaired) electrons. The van der Waals surface area contributed by atoms with E-state index >= 15 is 0 Å². The van der Waals surface area contributed by atoms with Crippen LogP contribution in [-0.2, 0) is 0 Å². The third-order valence-electron chi connectivity index (χ3n) is 5.66. The van der Waals surface area contributed by atoms with Crippen LogP contribution >= 0.6 is 11.8 Å². The Balaban J connectivity index is 1.97. The van der Waals surface area contributed by atoms with Gasteiger partial charge in [0.2, 0.25) is 0 Å². The van der Waals surface area contributed by atoms with E-state index in [2.05, 4.69) is 32.9 Å². The highest BCUT2D eigenvalue weighted by atomic mass is 32.2. The molecule has 0 heterocycles. The largest absolute Gasteiger partial charge is 0.507 e. The second-order valence-electron chi connectivity index (χ2n) is 8.83. The summed E-state index contributed by atoms with van der Waals surface area (Å²) in [5, 5.41) is 11.1. The van der Waals surface area contributed by atoms with Gasteiger partial charge < -0.3 is 5.11 Å². The van der Waals surface area contributed by atoms with Gasteiger partial charge in [-0.05, 0) is 60.8 Å². The van der Waals surface area contributed by atoms with Crippen LogP contribution in [0.1, 0.15) is 108 Å². The van der Waals surface area contributed by atoms with Gasteiger partial charge in [0.15, 0.2) is 0 Å². The van der Waals surface area contributed by atoms with E-state index in [1.54, 1.807) is 0 Å². The molecule has 3 rings (SSSR count). The van der Waals surface area contributed by atoms with Crippen LogP contribution in [0, 0.1) is 0 Å². The van der Waals surface area contributed by atoms with E-state index in [-0.39, 0.29) is 4.75 Å². The van der Waals surface area contributed by atoms with Crippen molar-refractivity contribution in [1.82, 2.24) is 0 Å².